The molecule has 1 aromatic rings. The van der Waals surface area contributed by atoms with Gasteiger partial charge < -0.3 is 9.67 Å². The Hall–Kier alpha value is -1.13. The molecule has 0 unspecified atom stereocenters. The third kappa shape index (κ3) is 2.60. The van der Waals surface area contributed by atoms with E-state index in [4.69, 9.17) is 0 Å². The third-order valence-electron chi connectivity index (χ3n) is 3.97. The number of aromatic nitrogens is 1. The zero-order valence-electron chi connectivity index (χ0n) is 12.4. The van der Waals surface area contributed by atoms with Gasteiger partial charge in [-0.1, -0.05) is 6.92 Å². The van der Waals surface area contributed by atoms with Gasteiger partial charge in [-0.25, -0.2) is 0 Å². The van der Waals surface area contributed by atoms with Crippen LogP contribution in [-0.2, 0) is 25.1 Å². The van der Waals surface area contributed by atoms with Gasteiger partial charge in [-0.15, -0.1) is 0 Å². The van der Waals surface area contributed by atoms with E-state index in [0.29, 0.717) is 12.1 Å². The summed E-state index contributed by atoms with van der Waals surface area (Å²) < 4.78 is 1.83. The van der Waals surface area contributed by atoms with Crippen LogP contribution in [0.4, 0.5) is 0 Å². The van der Waals surface area contributed by atoms with Crippen LogP contribution in [0.5, 0.6) is 0 Å². The second kappa shape index (κ2) is 5.10. The van der Waals surface area contributed by atoms with Gasteiger partial charge in [-0.3, -0.25) is 9.69 Å². The fourth-order valence-electron chi connectivity index (χ4n) is 2.82. The highest BCUT2D eigenvalue weighted by Gasteiger charge is 2.26. The van der Waals surface area contributed by atoms with Gasteiger partial charge in [0.05, 0.1) is 5.60 Å². The molecule has 0 saturated carbocycles. The molecule has 106 valence electrons. The predicted molar refractivity (Wildman–Crippen MR) is 76.3 cm³/mol. The van der Waals surface area contributed by atoms with E-state index in [1.165, 1.54) is 5.56 Å². The minimum atomic E-state index is -1.09. The van der Waals surface area contributed by atoms with Crippen LogP contribution in [0.1, 0.15) is 44.5 Å². The van der Waals surface area contributed by atoms with Gasteiger partial charge in [0, 0.05) is 37.3 Å². The van der Waals surface area contributed by atoms with Gasteiger partial charge in [-0.2, -0.15) is 0 Å². The third-order valence-corrected chi connectivity index (χ3v) is 3.97. The molecule has 0 amide bonds. The van der Waals surface area contributed by atoms with Crippen molar-refractivity contribution in [2.24, 2.45) is 0 Å². The lowest BCUT2D eigenvalue weighted by molar-refractivity contribution is 0.0760. The van der Waals surface area contributed by atoms with Crippen LogP contribution in [-0.4, -0.2) is 27.7 Å². The van der Waals surface area contributed by atoms with Gasteiger partial charge in [-0.05, 0) is 38.9 Å². The molecule has 2 rings (SSSR count). The zero-order chi connectivity index (χ0) is 14.2. The van der Waals surface area contributed by atoms with Crippen LogP contribution in [0.15, 0.2) is 10.9 Å². The van der Waals surface area contributed by atoms with Crippen molar-refractivity contribution in [3.63, 3.8) is 0 Å². The molecule has 0 saturated heterocycles. The van der Waals surface area contributed by atoms with Crippen LogP contribution in [0, 0.1) is 0 Å². The average molecular weight is 264 g/mol. The summed E-state index contributed by atoms with van der Waals surface area (Å²) in [6.45, 7) is 11.0. The Labute approximate surface area is 114 Å². The standard InChI is InChI=1S/C15H24N2O2/c1-5-16-8-7-13-11(10-16)9-12(15(3,4)19)14(18)17(13)6-2/h9,19H,5-8,10H2,1-4H3. The maximum absolute atomic E-state index is 12.5. The van der Waals surface area contributed by atoms with Crippen LogP contribution < -0.4 is 5.56 Å². The smallest absolute Gasteiger partial charge is 0.256 e. The molecule has 2 heterocycles. The Morgan fingerprint density at radius 1 is 1.32 bits per heavy atom. The zero-order valence-corrected chi connectivity index (χ0v) is 12.4. The number of likely N-dealkylation sites (N-methyl/N-ethyl adjacent to an activating group) is 1. The fourth-order valence-corrected chi connectivity index (χ4v) is 2.82. The van der Waals surface area contributed by atoms with Crippen molar-refractivity contribution in [3.8, 4) is 0 Å². The van der Waals surface area contributed by atoms with Crippen molar-refractivity contribution >= 4 is 0 Å². The lowest BCUT2D eigenvalue weighted by Gasteiger charge is -2.31. The maximum Gasteiger partial charge on any atom is 0.256 e. The van der Waals surface area contributed by atoms with Crippen molar-refractivity contribution < 1.29 is 5.11 Å². The molecule has 1 aliphatic rings. The highest BCUT2D eigenvalue weighted by atomic mass is 16.3. The van der Waals surface area contributed by atoms with E-state index in [0.717, 1.165) is 31.7 Å². The normalized spacial score (nSPS) is 16.5. The Morgan fingerprint density at radius 3 is 2.53 bits per heavy atom. The molecule has 0 radical (unpaired) electrons. The van der Waals surface area contributed by atoms with Crippen LogP contribution >= 0.6 is 0 Å². The highest BCUT2D eigenvalue weighted by Crippen LogP contribution is 2.23. The summed E-state index contributed by atoms with van der Waals surface area (Å²) in [5.74, 6) is 0. The summed E-state index contributed by atoms with van der Waals surface area (Å²) in [6.07, 6.45) is 0.915. The summed E-state index contributed by atoms with van der Waals surface area (Å²) in [4.78, 5) is 14.8. The van der Waals surface area contributed by atoms with E-state index in [9.17, 15) is 9.90 Å². The lowest BCUT2D eigenvalue weighted by Crippen LogP contribution is -2.39. The number of pyridine rings is 1. The van der Waals surface area contributed by atoms with Crippen molar-refractivity contribution in [1.29, 1.82) is 0 Å². The second-order valence-corrected chi connectivity index (χ2v) is 5.76. The van der Waals surface area contributed by atoms with E-state index in [-0.39, 0.29) is 5.56 Å². The topological polar surface area (TPSA) is 45.5 Å². The van der Waals surface area contributed by atoms with E-state index in [1.54, 1.807) is 13.8 Å². The number of hydrogen-bond donors (Lipinski definition) is 1. The first-order chi connectivity index (χ1) is 8.88. The largest absolute Gasteiger partial charge is 0.386 e. The molecule has 19 heavy (non-hydrogen) atoms. The van der Waals surface area contributed by atoms with Gasteiger partial charge in [0.1, 0.15) is 0 Å². The highest BCUT2D eigenvalue weighted by molar-refractivity contribution is 5.31. The number of nitrogens with zero attached hydrogens (tertiary/aromatic N) is 2. The molecule has 0 spiro atoms. The quantitative estimate of drug-likeness (QED) is 0.899. The number of aliphatic hydroxyl groups is 1. The lowest BCUT2D eigenvalue weighted by atomic mass is 9.94. The minimum absolute atomic E-state index is 0.0429. The van der Waals surface area contributed by atoms with Gasteiger partial charge in [0.15, 0.2) is 0 Å². The van der Waals surface area contributed by atoms with Crippen molar-refractivity contribution in [3.05, 3.63) is 33.2 Å². The Bertz CT molecular complexity index is 526. The van der Waals surface area contributed by atoms with E-state index in [1.807, 2.05) is 17.6 Å². The van der Waals surface area contributed by atoms with Gasteiger partial charge in [0.25, 0.3) is 5.56 Å². The predicted octanol–water partition coefficient (Wildman–Crippen LogP) is 1.47. The molecule has 4 nitrogen and oxygen atoms in total. The van der Waals surface area contributed by atoms with E-state index >= 15 is 0 Å². The van der Waals surface area contributed by atoms with Crippen molar-refractivity contribution in [2.75, 3.05) is 13.1 Å². The monoisotopic (exact) mass is 264 g/mol. The molecule has 1 aliphatic heterocycles. The van der Waals surface area contributed by atoms with Crippen LogP contribution in [0.25, 0.3) is 0 Å². The van der Waals surface area contributed by atoms with Crippen LogP contribution in [0.2, 0.25) is 0 Å². The molecule has 0 aliphatic carbocycles. The molecule has 4 heteroatoms. The van der Waals surface area contributed by atoms with Crippen molar-refractivity contribution in [1.82, 2.24) is 9.47 Å². The molecular weight excluding hydrogens is 240 g/mol. The van der Waals surface area contributed by atoms with E-state index < -0.39 is 5.60 Å². The summed E-state index contributed by atoms with van der Waals surface area (Å²) in [6, 6.07) is 1.91. The Balaban J connectivity index is 2.60. The first kappa shape index (κ1) is 14.3. The number of hydrogen-bond acceptors (Lipinski definition) is 3. The number of rotatable bonds is 3. The average Bonchev–Trinajstić information content (AvgIpc) is 2.36. The van der Waals surface area contributed by atoms with E-state index in [2.05, 4.69) is 11.8 Å². The van der Waals surface area contributed by atoms with Crippen molar-refractivity contribution in [2.45, 2.75) is 52.8 Å². The molecular formula is C15H24N2O2. The molecule has 0 fully saturated rings. The molecule has 0 bridgehead atoms. The van der Waals surface area contributed by atoms with Gasteiger partial charge >= 0.3 is 0 Å². The molecule has 0 aromatic carbocycles. The first-order valence-corrected chi connectivity index (χ1v) is 7.09. The Kier molecular flexibility index (Phi) is 3.83. The minimum Gasteiger partial charge on any atom is -0.386 e. The summed E-state index contributed by atoms with van der Waals surface area (Å²) in [5, 5.41) is 10.2. The Morgan fingerprint density at radius 2 is 2.00 bits per heavy atom. The number of fused-ring (bicyclic) bond motifs is 1. The van der Waals surface area contributed by atoms with Gasteiger partial charge in [0.2, 0.25) is 0 Å². The molecule has 0 atom stereocenters. The maximum atomic E-state index is 12.5. The molecule has 1 N–H and O–H groups in total. The summed E-state index contributed by atoms with van der Waals surface area (Å²) in [5.41, 5.74) is 1.71. The SMILES string of the molecule is CCN1CCc2c(cc(C(C)(C)O)c(=O)n2CC)C1. The summed E-state index contributed by atoms with van der Waals surface area (Å²) >= 11 is 0. The second-order valence-electron chi connectivity index (χ2n) is 5.76. The summed E-state index contributed by atoms with van der Waals surface area (Å²) in [7, 11) is 0. The van der Waals surface area contributed by atoms with Crippen LogP contribution in [0.3, 0.4) is 0 Å². The fraction of sp³-hybridized carbons (Fsp3) is 0.667. The molecule has 1 aromatic heterocycles. The first-order valence-electron chi connectivity index (χ1n) is 7.09.